The summed E-state index contributed by atoms with van der Waals surface area (Å²) in [6.07, 6.45) is 6.89. The summed E-state index contributed by atoms with van der Waals surface area (Å²) >= 11 is 0. The van der Waals surface area contributed by atoms with Gasteiger partial charge >= 0.3 is 0 Å². The number of hydrogen-bond donors (Lipinski definition) is 0. The van der Waals surface area contributed by atoms with Crippen LogP contribution in [0, 0.1) is 0 Å². The molecule has 0 aliphatic carbocycles. The number of aryl methyl sites for hydroxylation is 2. The van der Waals surface area contributed by atoms with Crippen LogP contribution in [0.3, 0.4) is 0 Å². The second kappa shape index (κ2) is 12.0. The molecule has 0 atom stereocenters. The Hall–Kier alpha value is 0.480. The molecular weight excluding hydrogens is 400 g/mol. The highest BCUT2D eigenvalue weighted by atomic mass is 79.9. The minimum absolute atomic E-state index is 0. The minimum atomic E-state index is 0. The molecule has 1 aromatic rings. The van der Waals surface area contributed by atoms with E-state index in [1.807, 2.05) is 0 Å². The molecule has 24 heavy (non-hydrogen) atoms. The molecular formula is C18H38BrN3P2. The van der Waals surface area contributed by atoms with Crippen molar-refractivity contribution in [1.82, 2.24) is 9.90 Å². The lowest BCUT2D eigenvalue weighted by Crippen LogP contribution is -3.00. The third-order valence-corrected chi connectivity index (χ3v) is 11.2. The summed E-state index contributed by atoms with van der Waals surface area (Å²) in [4.78, 5) is 0. The van der Waals surface area contributed by atoms with Gasteiger partial charge in [0.25, 0.3) is 0 Å². The van der Waals surface area contributed by atoms with Crippen molar-refractivity contribution < 1.29 is 21.7 Å². The lowest BCUT2D eigenvalue weighted by atomic mass is 10.5. The summed E-state index contributed by atoms with van der Waals surface area (Å²) in [5.74, 6) is 0. The second-order valence-corrected chi connectivity index (χ2v) is 14.6. The van der Waals surface area contributed by atoms with Crippen molar-refractivity contribution in [1.29, 1.82) is 0 Å². The molecule has 1 heterocycles. The van der Waals surface area contributed by atoms with Crippen molar-refractivity contribution in [3.8, 4) is 0 Å². The van der Waals surface area contributed by atoms with Crippen molar-refractivity contribution in [2.24, 2.45) is 0 Å². The molecule has 142 valence electrons. The standard InChI is InChI=1S/C18H38N3P2.BrH/c1-15(2)22(16(3)4)13-11-20-9-10-21(19-20)12-14-23(17(5)6)18(7)8;/h9-10,15-18H,11-14H2,1-8H3;1H/q+1;/p-1. The van der Waals surface area contributed by atoms with Crippen molar-refractivity contribution in [2.45, 2.75) is 91.1 Å². The Bertz CT molecular complexity index is 393. The van der Waals surface area contributed by atoms with E-state index in [0.29, 0.717) is 0 Å². The Balaban J connectivity index is 0.00000529. The van der Waals surface area contributed by atoms with Gasteiger partial charge < -0.3 is 17.0 Å². The van der Waals surface area contributed by atoms with Gasteiger partial charge in [-0.3, -0.25) is 0 Å². The number of aromatic nitrogens is 3. The van der Waals surface area contributed by atoms with Crippen LogP contribution in [0.2, 0.25) is 0 Å². The summed E-state index contributed by atoms with van der Waals surface area (Å²) in [6, 6.07) is 0. The highest BCUT2D eigenvalue weighted by Crippen LogP contribution is 2.46. The molecule has 0 aromatic carbocycles. The molecule has 6 heteroatoms. The first-order valence-corrected chi connectivity index (χ1v) is 12.5. The predicted molar refractivity (Wildman–Crippen MR) is 107 cm³/mol. The molecule has 0 fully saturated rings. The van der Waals surface area contributed by atoms with E-state index in [-0.39, 0.29) is 32.8 Å². The average Bonchev–Trinajstić information content (AvgIpc) is 2.85. The maximum Gasteiger partial charge on any atom is 0.155 e. The van der Waals surface area contributed by atoms with Crippen LogP contribution in [-0.2, 0) is 13.1 Å². The zero-order chi connectivity index (χ0) is 17.6. The van der Waals surface area contributed by atoms with Crippen LogP contribution < -0.4 is 21.7 Å². The molecule has 3 nitrogen and oxygen atoms in total. The van der Waals surface area contributed by atoms with Gasteiger partial charge in [0.15, 0.2) is 12.4 Å². The van der Waals surface area contributed by atoms with Crippen LogP contribution in [0.25, 0.3) is 0 Å². The molecule has 0 radical (unpaired) electrons. The van der Waals surface area contributed by atoms with Gasteiger partial charge in [-0.25, -0.2) is 0 Å². The minimum Gasteiger partial charge on any atom is -1.00 e. The third-order valence-electron chi connectivity index (χ3n) is 4.47. The lowest BCUT2D eigenvalue weighted by molar-refractivity contribution is -0.751. The number of hydrogen-bond acceptors (Lipinski definition) is 1. The fraction of sp³-hybridized carbons (Fsp3) is 0.889. The Morgan fingerprint density at radius 1 is 0.833 bits per heavy atom. The Morgan fingerprint density at radius 2 is 1.29 bits per heavy atom. The van der Waals surface area contributed by atoms with E-state index in [2.05, 4.69) is 77.1 Å². The topological polar surface area (TPSA) is 21.7 Å². The molecule has 0 N–H and O–H groups in total. The van der Waals surface area contributed by atoms with Crippen LogP contribution in [0.4, 0.5) is 0 Å². The molecule has 0 bridgehead atoms. The zero-order valence-corrected chi connectivity index (χ0v) is 20.3. The first-order chi connectivity index (χ1) is 10.7. The Labute approximate surface area is 163 Å². The average molecular weight is 438 g/mol. The van der Waals surface area contributed by atoms with Gasteiger partial charge in [-0.15, -0.1) is 9.36 Å². The molecule has 0 unspecified atom stereocenters. The summed E-state index contributed by atoms with van der Waals surface area (Å²) in [5.41, 5.74) is 3.25. The van der Waals surface area contributed by atoms with Gasteiger partial charge in [-0.1, -0.05) is 71.2 Å². The highest BCUT2D eigenvalue weighted by Gasteiger charge is 2.20. The first kappa shape index (κ1) is 24.5. The maximum atomic E-state index is 4.75. The van der Waals surface area contributed by atoms with Crippen molar-refractivity contribution >= 4 is 15.8 Å². The van der Waals surface area contributed by atoms with E-state index in [4.69, 9.17) is 5.21 Å². The van der Waals surface area contributed by atoms with Gasteiger partial charge in [0.1, 0.15) is 13.1 Å². The van der Waals surface area contributed by atoms with E-state index in [9.17, 15) is 0 Å². The molecule has 0 amide bonds. The van der Waals surface area contributed by atoms with E-state index >= 15 is 0 Å². The highest BCUT2D eigenvalue weighted by molar-refractivity contribution is 7.59. The van der Waals surface area contributed by atoms with Crippen molar-refractivity contribution in [3.05, 3.63) is 12.4 Å². The second-order valence-electron chi connectivity index (χ2n) is 7.56. The van der Waals surface area contributed by atoms with Crippen LogP contribution in [0.5, 0.6) is 0 Å². The van der Waals surface area contributed by atoms with Crippen molar-refractivity contribution in [2.75, 3.05) is 12.3 Å². The largest absolute Gasteiger partial charge is 1.00 e. The van der Waals surface area contributed by atoms with E-state index < -0.39 is 0 Å². The lowest BCUT2D eigenvalue weighted by Gasteiger charge is -2.24. The Kier molecular flexibility index (Phi) is 12.2. The van der Waals surface area contributed by atoms with Crippen molar-refractivity contribution in [3.63, 3.8) is 0 Å². The Morgan fingerprint density at radius 3 is 1.75 bits per heavy atom. The van der Waals surface area contributed by atoms with E-state index in [0.717, 1.165) is 35.7 Å². The fourth-order valence-corrected chi connectivity index (χ4v) is 8.58. The smallest absolute Gasteiger partial charge is 0.155 e. The fourth-order valence-electron chi connectivity index (χ4n) is 3.26. The van der Waals surface area contributed by atoms with Gasteiger partial charge in [0.05, 0.1) is 5.21 Å². The number of halogens is 1. The van der Waals surface area contributed by atoms with E-state index in [1.165, 1.54) is 12.3 Å². The van der Waals surface area contributed by atoms with Crippen LogP contribution in [0.1, 0.15) is 55.4 Å². The number of nitrogens with zero attached hydrogens (tertiary/aromatic N) is 3. The summed E-state index contributed by atoms with van der Waals surface area (Å²) in [7, 11) is 0.209. The molecule has 0 spiro atoms. The van der Waals surface area contributed by atoms with Gasteiger partial charge in [0.2, 0.25) is 0 Å². The first-order valence-electron chi connectivity index (χ1n) is 9.17. The molecule has 1 aromatic heterocycles. The summed E-state index contributed by atoms with van der Waals surface area (Å²) in [5, 5.41) is 4.75. The van der Waals surface area contributed by atoms with Crippen LogP contribution in [0.15, 0.2) is 12.4 Å². The monoisotopic (exact) mass is 437 g/mol. The molecule has 0 saturated heterocycles. The predicted octanol–water partition coefficient (Wildman–Crippen LogP) is 1.77. The normalized spacial score (nSPS) is 12.2. The molecule has 0 aliphatic heterocycles. The summed E-state index contributed by atoms with van der Waals surface area (Å²) < 4.78 is 4.29. The van der Waals surface area contributed by atoms with Crippen LogP contribution in [-0.4, -0.2) is 44.9 Å². The molecule has 0 saturated carbocycles. The van der Waals surface area contributed by atoms with Crippen LogP contribution >= 0.6 is 15.8 Å². The summed E-state index contributed by atoms with van der Waals surface area (Å²) in [6.45, 7) is 21.1. The van der Waals surface area contributed by atoms with Gasteiger partial charge in [-0.2, -0.15) is 0 Å². The van der Waals surface area contributed by atoms with Gasteiger partial charge in [0, 0.05) is 12.3 Å². The third kappa shape index (κ3) is 8.24. The zero-order valence-electron chi connectivity index (χ0n) is 16.9. The molecule has 0 aliphatic rings. The maximum absolute atomic E-state index is 4.75. The molecule has 1 rings (SSSR count). The quantitative estimate of drug-likeness (QED) is 0.403. The van der Waals surface area contributed by atoms with E-state index in [1.54, 1.807) is 0 Å². The number of rotatable bonds is 10. The SMILES string of the molecule is CC(C)P(CCn1cc[n+](CCP(C(C)C)C(C)C)n1)C(C)C.[Br-]. The van der Waals surface area contributed by atoms with Gasteiger partial charge in [-0.05, 0) is 22.6 Å².